The molecule has 0 bridgehead atoms. The predicted molar refractivity (Wildman–Crippen MR) is 164 cm³/mol. The van der Waals surface area contributed by atoms with E-state index in [-0.39, 0.29) is 17.9 Å². The first kappa shape index (κ1) is 28.9. The van der Waals surface area contributed by atoms with Gasteiger partial charge in [-0.1, -0.05) is 73.1 Å². The minimum Gasteiger partial charge on any atom is -0.355 e. The van der Waals surface area contributed by atoms with Gasteiger partial charge < -0.3 is 5.32 Å². The number of rotatable bonds is 12. The van der Waals surface area contributed by atoms with E-state index in [0.29, 0.717) is 36.6 Å². The zero-order chi connectivity index (χ0) is 29.5. The van der Waals surface area contributed by atoms with E-state index in [4.69, 9.17) is 9.51 Å². The lowest BCUT2D eigenvalue weighted by molar-refractivity contribution is -0.120. The first-order valence-corrected chi connectivity index (χ1v) is 14.9. The molecule has 0 saturated carbocycles. The highest BCUT2D eigenvalue weighted by Gasteiger charge is 2.18. The number of aromatic nitrogens is 4. The Labute approximate surface area is 247 Å². The zero-order valence-electron chi connectivity index (χ0n) is 23.7. The monoisotopic (exact) mass is 583 g/mol. The van der Waals surface area contributed by atoms with Gasteiger partial charge in [-0.2, -0.15) is 0 Å². The van der Waals surface area contributed by atoms with Crippen LogP contribution in [0.1, 0.15) is 47.3 Å². The number of benzene rings is 2. The molecule has 3 heterocycles. The molecule has 0 atom stereocenters. The fourth-order valence-corrected chi connectivity index (χ4v) is 5.62. The summed E-state index contributed by atoms with van der Waals surface area (Å²) in [5.41, 5.74) is 4.35. The van der Waals surface area contributed by atoms with Gasteiger partial charge in [0.2, 0.25) is 5.91 Å². The van der Waals surface area contributed by atoms with Crippen molar-refractivity contribution in [3.8, 4) is 22.5 Å². The van der Waals surface area contributed by atoms with Crippen LogP contribution in [0.15, 0.2) is 80.2 Å². The summed E-state index contributed by atoms with van der Waals surface area (Å²) in [6.07, 6.45) is 3.33. The molecular weight excluding hydrogens is 550 g/mol. The molecule has 2 N–H and O–H groups in total. The van der Waals surface area contributed by atoms with Crippen LogP contribution in [0.25, 0.3) is 22.5 Å². The molecule has 0 spiro atoms. The maximum absolute atomic E-state index is 13.8. The van der Waals surface area contributed by atoms with Gasteiger partial charge in [-0.3, -0.25) is 23.7 Å². The molecule has 0 radical (unpaired) electrons. The molecule has 42 heavy (non-hydrogen) atoms. The van der Waals surface area contributed by atoms with E-state index in [1.807, 2.05) is 73.0 Å². The Kier molecular flexibility index (Phi) is 9.23. The second kappa shape index (κ2) is 13.4. The molecule has 0 aliphatic carbocycles. The molecule has 2 aromatic carbocycles. The lowest BCUT2D eigenvalue weighted by Gasteiger charge is -2.16. The molecule has 0 unspecified atom stereocenters. The molecule has 216 valence electrons. The van der Waals surface area contributed by atoms with Gasteiger partial charge in [0.25, 0.3) is 5.56 Å². The number of hydrogen-bond donors (Lipinski definition) is 2. The molecule has 10 heteroatoms. The molecular formula is C32H33N5O4S. The summed E-state index contributed by atoms with van der Waals surface area (Å²) in [7, 11) is 0. The van der Waals surface area contributed by atoms with Gasteiger partial charge in [0.1, 0.15) is 5.82 Å². The number of nitrogens with one attached hydrogen (secondary N) is 2. The van der Waals surface area contributed by atoms with Crippen molar-refractivity contribution in [2.24, 2.45) is 0 Å². The summed E-state index contributed by atoms with van der Waals surface area (Å²) < 4.78 is 6.41. The standard InChI is InChI=1S/C32H33N5O4S/c1-3-4-11-28-34-21(2)27(19-29(38)33-17-16-24-8-7-18-42-24)31(39)37(28)20-22-12-14-23(15-13-22)25-9-5-6-10-26(25)30-35-32(40)41-36-30/h5-10,12-15,18H,3-4,11,16-17,19-20H2,1-2H3,(H,33,38)(H,35,36,40). The second-order valence-corrected chi connectivity index (χ2v) is 11.2. The second-order valence-electron chi connectivity index (χ2n) is 10.1. The SMILES string of the molecule is CCCCc1nc(C)c(CC(=O)NCCc2cccs2)c(=O)n1Cc1ccc(-c2ccccc2-c2noc(=O)[nH]2)cc1. The van der Waals surface area contributed by atoms with Crippen LogP contribution in [-0.2, 0) is 30.6 Å². The van der Waals surface area contributed by atoms with Crippen LogP contribution in [0.2, 0.25) is 0 Å². The van der Waals surface area contributed by atoms with E-state index in [2.05, 4.69) is 22.4 Å². The lowest BCUT2D eigenvalue weighted by atomic mass is 9.98. The molecule has 0 aliphatic heterocycles. The number of nitrogens with zero attached hydrogens (tertiary/aromatic N) is 3. The van der Waals surface area contributed by atoms with E-state index in [1.165, 1.54) is 4.88 Å². The molecule has 5 aromatic rings. The van der Waals surface area contributed by atoms with Gasteiger partial charge >= 0.3 is 5.76 Å². The fourth-order valence-electron chi connectivity index (χ4n) is 4.91. The Morgan fingerprint density at radius 1 is 1.02 bits per heavy atom. The summed E-state index contributed by atoms with van der Waals surface area (Å²) in [5, 5.41) is 8.80. The highest BCUT2D eigenvalue weighted by Crippen LogP contribution is 2.30. The fraction of sp³-hybridized carbons (Fsp3) is 0.281. The average molecular weight is 584 g/mol. The number of amides is 1. The van der Waals surface area contributed by atoms with Gasteiger partial charge in [-0.25, -0.2) is 9.78 Å². The van der Waals surface area contributed by atoms with Crippen molar-refractivity contribution in [2.75, 3.05) is 6.54 Å². The molecule has 0 saturated heterocycles. The van der Waals surface area contributed by atoms with E-state index in [0.717, 1.165) is 47.3 Å². The largest absolute Gasteiger partial charge is 0.439 e. The smallest absolute Gasteiger partial charge is 0.355 e. The summed E-state index contributed by atoms with van der Waals surface area (Å²) in [6, 6.07) is 19.6. The van der Waals surface area contributed by atoms with Crippen LogP contribution < -0.4 is 16.6 Å². The molecule has 9 nitrogen and oxygen atoms in total. The highest BCUT2D eigenvalue weighted by atomic mass is 32.1. The molecule has 3 aromatic heterocycles. The number of unbranched alkanes of at least 4 members (excludes halogenated alkanes) is 1. The molecule has 5 rings (SSSR count). The van der Waals surface area contributed by atoms with Gasteiger partial charge in [-0.15, -0.1) is 11.3 Å². The highest BCUT2D eigenvalue weighted by molar-refractivity contribution is 7.09. The van der Waals surface area contributed by atoms with Gasteiger partial charge in [0.15, 0.2) is 5.82 Å². The number of hydrogen-bond acceptors (Lipinski definition) is 7. The third kappa shape index (κ3) is 6.83. The number of carbonyl (C=O) groups is 1. The van der Waals surface area contributed by atoms with Crippen molar-refractivity contribution >= 4 is 17.2 Å². The first-order valence-electron chi connectivity index (χ1n) is 14.1. The minimum atomic E-state index is -0.610. The summed E-state index contributed by atoms with van der Waals surface area (Å²) >= 11 is 1.66. The van der Waals surface area contributed by atoms with E-state index in [9.17, 15) is 14.4 Å². The van der Waals surface area contributed by atoms with Crippen LogP contribution in [0.5, 0.6) is 0 Å². The zero-order valence-corrected chi connectivity index (χ0v) is 24.5. The van der Waals surface area contributed by atoms with E-state index in [1.54, 1.807) is 15.9 Å². The van der Waals surface area contributed by atoms with Gasteiger partial charge in [-0.05, 0) is 47.9 Å². The van der Waals surface area contributed by atoms with Crippen molar-refractivity contribution in [2.45, 2.75) is 52.5 Å². The van der Waals surface area contributed by atoms with Crippen LogP contribution in [0, 0.1) is 6.92 Å². The Morgan fingerprint density at radius 2 is 1.81 bits per heavy atom. The summed E-state index contributed by atoms with van der Waals surface area (Å²) in [5.74, 6) is 0.297. The molecule has 1 amide bonds. The molecule has 0 fully saturated rings. The van der Waals surface area contributed by atoms with Crippen molar-refractivity contribution in [3.05, 3.63) is 114 Å². The topological polar surface area (TPSA) is 123 Å². The van der Waals surface area contributed by atoms with Crippen LogP contribution in [-0.4, -0.2) is 32.1 Å². The van der Waals surface area contributed by atoms with Crippen molar-refractivity contribution in [1.82, 2.24) is 25.0 Å². The van der Waals surface area contributed by atoms with Crippen molar-refractivity contribution in [1.29, 1.82) is 0 Å². The average Bonchev–Trinajstić information content (AvgIpc) is 3.68. The lowest BCUT2D eigenvalue weighted by Crippen LogP contribution is -2.34. The van der Waals surface area contributed by atoms with Gasteiger partial charge in [0.05, 0.1) is 13.0 Å². The van der Waals surface area contributed by atoms with Crippen LogP contribution >= 0.6 is 11.3 Å². The number of aromatic amines is 1. The number of aryl methyl sites for hydroxylation is 2. The Bertz CT molecular complexity index is 1770. The Hall–Kier alpha value is -4.57. The minimum absolute atomic E-state index is 0.00394. The first-order chi connectivity index (χ1) is 20.4. The Morgan fingerprint density at radius 3 is 2.50 bits per heavy atom. The number of thiophene rings is 1. The van der Waals surface area contributed by atoms with Crippen LogP contribution in [0.4, 0.5) is 0 Å². The maximum Gasteiger partial charge on any atom is 0.439 e. The van der Waals surface area contributed by atoms with Crippen molar-refractivity contribution in [3.63, 3.8) is 0 Å². The predicted octanol–water partition coefficient (Wildman–Crippen LogP) is 4.92. The number of carbonyl (C=O) groups excluding carboxylic acids is 1. The van der Waals surface area contributed by atoms with Crippen LogP contribution in [0.3, 0.4) is 0 Å². The van der Waals surface area contributed by atoms with E-state index < -0.39 is 5.76 Å². The van der Waals surface area contributed by atoms with Gasteiger partial charge in [0, 0.05) is 34.7 Å². The third-order valence-electron chi connectivity index (χ3n) is 7.14. The molecule has 0 aliphatic rings. The quantitative estimate of drug-likeness (QED) is 0.215. The third-order valence-corrected chi connectivity index (χ3v) is 8.08. The summed E-state index contributed by atoms with van der Waals surface area (Å²) in [6.45, 7) is 4.78. The van der Waals surface area contributed by atoms with Crippen molar-refractivity contribution < 1.29 is 9.32 Å². The van der Waals surface area contributed by atoms with E-state index >= 15 is 0 Å². The normalized spacial score (nSPS) is 11.1. The Balaban J connectivity index is 1.37. The summed E-state index contributed by atoms with van der Waals surface area (Å²) in [4.78, 5) is 46.6. The maximum atomic E-state index is 13.8. The number of H-pyrrole nitrogens is 1.